The Morgan fingerprint density at radius 1 is 0.960 bits per heavy atom. The Morgan fingerprint density at radius 3 is 1.96 bits per heavy atom. The van der Waals surface area contributed by atoms with Gasteiger partial charge in [-0.15, -0.1) is 0 Å². The van der Waals surface area contributed by atoms with Crippen molar-refractivity contribution in [2.75, 3.05) is 37.4 Å². The molecule has 0 aliphatic heterocycles. The molecule has 1 aromatic carbocycles. The molecule has 0 bridgehead atoms. The van der Waals surface area contributed by atoms with Crippen molar-refractivity contribution in [3.63, 3.8) is 0 Å². The first-order valence-electron chi connectivity index (χ1n) is 9.33. The van der Waals surface area contributed by atoms with Gasteiger partial charge in [0.05, 0.1) is 0 Å². The van der Waals surface area contributed by atoms with Crippen molar-refractivity contribution in [2.24, 2.45) is 11.8 Å². The van der Waals surface area contributed by atoms with E-state index in [1.54, 1.807) is 0 Å². The normalized spacial score (nSPS) is 20.0. The number of nitrogens with one attached hydrogen (secondary N) is 1. The Morgan fingerprint density at radius 2 is 1.48 bits per heavy atom. The van der Waals surface area contributed by atoms with Crippen LogP contribution in [0.2, 0.25) is 0 Å². The van der Waals surface area contributed by atoms with Crippen molar-refractivity contribution in [1.82, 2.24) is 4.90 Å². The Bertz CT molecular complexity index is 571. The van der Waals surface area contributed by atoms with Crippen molar-refractivity contribution in [2.45, 2.75) is 39.5 Å². The first kappa shape index (κ1) is 19.3. The van der Waals surface area contributed by atoms with Gasteiger partial charge in [-0.3, -0.25) is 9.59 Å². The number of anilines is 2. The fraction of sp³-hybridized carbons (Fsp3) is 0.600. The molecule has 0 radical (unpaired) electrons. The van der Waals surface area contributed by atoms with E-state index in [0.29, 0.717) is 0 Å². The van der Waals surface area contributed by atoms with Crippen LogP contribution in [0.25, 0.3) is 0 Å². The number of amides is 2. The van der Waals surface area contributed by atoms with E-state index in [2.05, 4.69) is 5.32 Å². The number of nitrogens with zero attached hydrogens (tertiary/aromatic N) is 2. The van der Waals surface area contributed by atoms with Crippen LogP contribution >= 0.6 is 0 Å². The molecule has 138 valence electrons. The van der Waals surface area contributed by atoms with E-state index in [0.717, 1.165) is 50.1 Å². The van der Waals surface area contributed by atoms with Crippen LogP contribution in [0.5, 0.6) is 0 Å². The average molecular weight is 345 g/mol. The summed E-state index contributed by atoms with van der Waals surface area (Å²) in [5.74, 6) is 0.423. The highest BCUT2D eigenvalue weighted by Gasteiger charge is 2.31. The van der Waals surface area contributed by atoms with Gasteiger partial charge in [-0.05, 0) is 63.8 Å². The highest BCUT2D eigenvalue weighted by atomic mass is 16.2. The number of hydrogen-bond donors (Lipinski definition) is 1. The molecule has 1 aliphatic carbocycles. The standard InChI is InChI=1S/C20H31N3O2/c1-5-23(6-2)20(25)16-9-7-15(8-10-16)19(24)21-17-11-13-18(14-12-17)22(3)4/h11-16H,5-10H2,1-4H3,(H,21,24). The zero-order valence-corrected chi connectivity index (χ0v) is 15.9. The van der Waals surface area contributed by atoms with Gasteiger partial charge < -0.3 is 15.1 Å². The lowest BCUT2D eigenvalue weighted by molar-refractivity contribution is -0.137. The summed E-state index contributed by atoms with van der Waals surface area (Å²) in [5.41, 5.74) is 1.94. The first-order chi connectivity index (χ1) is 12.0. The third-order valence-corrected chi connectivity index (χ3v) is 5.17. The van der Waals surface area contributed by atoms with E-state index < -0.39 is 0 Å². The Balaban J connectivity index is 1.85. The van der Waals surface area contributed by atoms with E-state index in [1.807, 2.05) is 62.0 Å². The van der Waals surface area contributed by atoms with E-state index in [-0.39, 0.29) is 23.7 Å². The van der Waals surface area contributed by atoms with Crippen LogP contribution in [0.1, 0.15) is 39.5 Å². The summed E-state index contributed by atoms with van der Waals surface area (Å²) in [7, 11) is 3.98. The summed E-state index contributed by atoms with van der Waals surface area (Å²) >= 11 is 0. The van der Waals surface area contributed by atoms with Gasteiger partial charge in [0, 0.05) is 50.4 Å². The molecule has 0 heterocycles. The molecule has 2 amide bonds. The van der Waals surface area contributed by atoms with Gasteiger partial charge in [0.15, 0.2) is 0 Å². The van der Waals surface area contributed by atoms with Gasteiger partial charge >= 0.3 is 0 Å². The van der Waals surface area contributed by atoms with Crippen molar-refractivity contribution in [3.8, 4) is 0 Å². The maximum Gasteiger partial charge on any atom is 0.227 e. The minimum absolute atomic E-state index is 0.00859. The van der Waals surface area contributed by atoms with Crippen molar-refractivity contribution >= 4 is 23.2 Å². The molecular formula is C20H31N3O2. The number of rotatable bonds is 6. The van der Waals surface area contributed by atoms with Gasteiger partial charge in [0.2, 0.25) is 11.8 Å². The maximum atomic E-state index is 12.5. The summed E-state index contributed by atoms with van der Waals surface area (Å²) < 4.78 is 0. The highest BCUT2D eigenvalue weighted by Crippen LogP contribution is 2.31. The minimum Gasteiger partial charge on any atom is -0.378 e. The number of carbonyl (C=O) groups excluding carboxylic acids is 2. The van der Waals surface area contributed by atoms with Crippen LogP contribution in [0.15, 0.2) is 24.3 Å². The lowest BCUT2D eigenvalue weighted by atomic mass is 9.81. The average Bonchev–Trinajstić information content (AvgIpc) is 2.63. The van der Waals surface area contributed by atoms with Crippen LogP contribution in [0.4, 0.5) is 11.4 Å². The summed E-state index contributed by atoms with van der Waals surface area (Å²) in [4.78, 5) is 28.9. The van der Waals surface area contributed by atoms with Gasteiger partial charge in [-0.1, -0.05) is 0 Å². The predicted molar refractivity (Wildman–Crippen MR) is 103 cm³/mol. The lowest BCUT2D eigenvalue weighted by Crippen LogP contribution is -2.38. The summed E-state index contributed by atoms with van der Waals surface area (Å²) in [6.07, 6.45) is 3.21. The van der Waals surface area contributed by atoms with Crippen LogP contribution in [0.3, 0.4) is 0 Å². The van der Waals surface area contributed by atoms with Crippen molar-refractivity contribution in [1.29, 1.82) is 0 Å². The van der Waals surface area contributed by atoms with Gasteiger partial charge in [-0.2, -0.15) is 0 Å². The molecule has 0 saturated heterocycles. The molecule has 0 atom stereocenters. The van der Waals surface area contributed by atoms with E-state index in [9.17, 15) is 9.59 Å². The Labute approximate surface area is 151 Å². The second-order valence-electron chi connectivity index (χ2n) is 6.99. The van der Waals surface area contributed by atoms with Crippen LogP contribution in [0, 0.1) is 11.8 Å². The molecule has 1 aromatic rings. The zero-order valence-electron chi connectivity index (χ0n) is 15.9. The van der Waals surface area contributed by atoms with Crippen LogP contribution < -0.4 is 10.2 Å². The third-order valence-electron chi connectivity index (χ3n) is 5.17. The Kier molecular flexibility index (Phi) is 6.85. The monoisotopic (exact) mass is 345 g/mol. The largest absolute Gasteiger partial charge is 0.378 e. The van der Waals surface area contributed by atoms with E-state index in [1.165, 1.54) is 0 Å². The summed E-state index contributed by atoms with van der Waals surface area (Å²) in [5, 5.41) is 3.01. The van der Waals surface area contributed by atoms with Crippen molar-refractivity contribution < 1.29 is 9.59 Å². The van der Waals surface area contributed by atoms with Crippen LogP contribution in [-0.4, -0.2) is 43.9 Å². The SMILES string of the molecule is CCN(CC)C(=O)C1CCC(C(=O)Nc2ccc(N(C)C)cc2)CC1. The molecule has 1 fully saturated rings. The van der Waals surface area contributed by atoms with Gasteiger partial charge in [0.25, 0.3) is 0 Å². The van der Waals surface area contributed by atoms with E-state index in [4.69, 9.17) is 0 Å². The number of benzene rings is 1. The molecule has 0 aromatic heterocycles. The lowest BCUT2D eigenvalue weighted by Gasteiger charge is -2.30. The van der Waals surface area contributed by atoms with Gasteiger partial charge in [-0.25, -0.2) is 0 Å². The number of hydrogen-bond acceptors (Lipinski definition) is 3. The summed E-state index contributed by atoms with van der Waals surface area (Å²) in [6, 6.07) is 7.86. The smallest absolute Gasteiger partial charge is 0.227 e. The molecule has 5 nitrogen and oxygen atoms in total. The van der Waals surface area contributed by atoms with Crippen molar-refractivity contribution in [3.05, 3.63) is 24.3 Å². The molecular weight excluding hydrogens is 314 g/mol. The summed E-state index contributed by atoms with van der Waals surface area (Å²) in [6.45, 7) is 5.56. The molecule has 5 heteroatoms. The van der Waals surface area contributed by atoms with Crippen LogP contribution in [-0.2, 0) is 9.59 Å². The highest BCUT2D eigenvalue weighted by molar-refractivity contribution is 5.93. The second-order valence-corrected chi connectivity index (χ2v) is 6.99. The fourth-order valence-electron chi connectivity index (χ4n) is 3.48. The zero-order chi connectivity index (χ0) is 18.4. The molecule has 0 spiro atoms. The molecule has 2 rings (SSSR count). The topological polar surface area (TPSA) is 52.7 Å². The molecule has 0 unspecified atom stereocenters. The minimum atomic E-state index is 0.00859. The molecule has 1 aliphatic rings. The first-order valence-corrected chi connectivity index (χ1v) is 9.33. The predicted octanol–water partition coefficient (Wildman–Crippen LogP) is 3.37. The van der Waals surface area contributed by atoms with E-state index >= 15 is 0 Å². The third kappa shape index (κ3) is 4.97. The second kappa shape index (κ2) is 8.88. The Hall–Kier alpha value is -2.04. The number of carbonyl (C=O) groups is 2. The molecule has 1 N–H and O–H groups in total. The molecule has 25 heavy (non-hydrogen) atoms. The fourth-order valence-corrected chi connectivity index (χ4v) is 3.48. The quantitative estimate of drug-likeness (QED) is 0.860. The molecule has 1 saturated carbocycles. The van der Waals surface area contributed by atoms with Gasteiger partial charge in [0.1, 0.15) is 0 Å². The maximum absolute atomic E-state index is 12.5.